The normalized spacial score (nSPS) is 31.2. The van der Waals surface area contributed by atoms with Gasteiger partial charge in [0.05, 0.1) is 10.5 Å². The van der Waals surface area contributed by atoms with Gasteiger partial charge in [0.15, 0.2) is 0 Å². The summed E-state index contributed by atoms with van der Waals surface area (Å²) in [5.74, 6) is 6.20. The van der Waals surface area contributed by atoms with Crippen molar-refractivity contribution in [3.8, 4) is 0 Å². The van der Waals surface area contributed by atoms with E-state index in [1.54, 1.807) is 0 Å². The van der Waals surface area contributed by atoms with Crippen LogP contribution in [0.25, 0.3) is 0 Å². The summed E-state index contributed by atoms with van der Waals surface area (Å²) in [6.45, 7) is 0. The third-order valence-electron chi connectivity index (χ3n) is 4.32. The van der Waals surface area contributed by atoms with E-state index in [9.17, 15) is 8.78 Å². The Hall–Kier alpha value is -0.520. The summed E-state index contributed by atoms with van der Waals surface area (Å²) in [6.07, 6.45) is 3.31. The largest absolute Gasteiger partial charge is 0.271 e. The van der Waals surface area contributed by atoms with Crippen LogP contribution in [0.5, 0.6) is 0 Å². The molecule has 3 atom stereocenters. The van der Waals surface area contributed by atoms with Crippen LogP contribution in [0.15, 0.2) is 16.6 Å². The van der Waals surface area contributed by atoms with Gasteiger partial charge in [-0.1, -0.05) is 0 Å². The predicted octanol–water partition coefficient (Wildman–Crippen LogP) is 3.28. The number of nitrogens with two attached hydrogens (primary N) is 1. The van der Waals surface area contributed by atoms with Crippen LogP contribution in [0.3, 0.4) is 0 Å². The molecule has 2 aliphatic carbocycles. The van der Waals surface area contributed by atoms with E-state index >= 15 is 0 Å². The molecule has 0 heterocycles. The van der Waals surface area contributed by atoms with Crippen LogP contribution >= 0.6 is 15.9 Å². The molecule has 18 heavy (non-hydrogen) atoms. The van der Waals surface area contributed by atoms with Crippen molar-refractivity contribution in [3.05, 3.63) is 33.8 Å². The van der Waals surface area contributed by atoms with Gasteiger partial charge in [-0.25, -0.2) is 8.78 Å². The average Bonchev–Trinajstić information content (AvgIpc) is 2.97. The lowest BCUT2D eigenvalue weighted by Crippen LogP contribution is -2.34. The van der Waals surface area contributed by atoms with E-state index in [-0.39, 0.29) is 16.0 Å². The van der Waals surface area contributed by atoms with Crippen LogP contribution in [-0.4, -0.2) is 0 Å². The molecule has 2 aliphatic rings. The minimum absolute atomic E-state index is 0.0678. The monoisotopic (exact) mass is 316 g/mol. The molecule has 0 radical (unpaired) electrons. The zero-order valence-corrected chi connectivity index (χ0v) is 11.4. The number of hydrogen-bond donors (Lipinski definition) is 2. The first-order valence-electron chi connectivity index (χ1n) is 6.21. The lowest BCUT2D eigenvalue weighted by molar-refractivity contribution is 0.326. The highest BCUT2D eigenvalue weighted by Crippen LogP contribution is 2.57. The number of halogens is 3. The molecule has 0 aliphatic heterocycles. The quantitative estimate of drug-likeness (QED) is 0.510. The van der Waals surface area contributed by atoms with Gasteiger partial charge in [0, 0.05) is 5.56 Å². The number of hydrazine groups is 1. The van der Waals surface area contributed by atoms with Crippen LogP contribution in [-0.2, 0) is 0 Å². The van der Waals surface area contributed by atoms with Gasteiger partial charge >= 0.3 is 0 Å². The molecule has 0 saturated heterocycles. The summed E-state index contributed by atoms with van der Waals surface area (Å²) >= 11 is 3.10. The molecule has 1 aromatic carbocycles. The second-order valence-electron chi connectivity index (χ2n) is 5.39. The SMILES string of the molecule is NNC(c1c(F)ccc(Br)c1F)C1CC2CC2C1. The van der Waals surface area contributed by atoms with Crippen molar-refractivity contribution < 1.29 is 8.78 Å². The summed E-state index contributed by atoms with van der Waals surface area (Å²) in [5.41, 5.74) is 2.68. The van der Waals surface area contributed by atoms with Crippen molar-refractivity contribution in [2.45, 2.75) is 25.3 Å². The predicted molar refractivity (Wildman–Crippen MR) is 68.4 cm³/mol. The van der Waals surface area contributed by atoms with Gasteiger partial charge in [-0.15, -0.1) is 0 Å². The van der Waals surface area contributed by atoms with E-state index in [0.717, 1.165) is 24.7 Å². The Morgan fingerprint density at radius 1 is 1.22 bits per heavy atom. The van der Waals surface area contributed by atoms with Crippen molar-refractivity contribution in [2.24, 2.45) is 23.6 Å². The summed E-state index contributed by atoms with van der Waals surface area (Å²) in [4.78, 5) is 0. The molecule has 3 unspecified atom stereocenters. The van der Waals surface area contributed by atoms with Crippen molar-refractivity contribution >= 4 is 15.9 Å². The highest BCUT2D eigenvalue weighted by molar-refractivity contribution is 9.10. The molecular weight excluding hydrogens is 302 g/mol. The van der Waals surface area contributed by atoms with Crippen molar-refractivity contribution in [1.29, 1.82) is 0 Å². The average molecular weight is 317 g/mol. The Labute approximate surface area is 113 Å². The van der Waals surface area contributed by atoms with Gasteiger partial charge in [0.2, 0.25) is 0 Å². The van der Waals surface area contributed by atoms with Gasteiger partial charge in [0.1, 0.15) is 11.6 Å². The van der Waals surface area contributed by atoms with E-state index in [4.69, 9.17) is 5.84 Å². The Balaban J connectivity index is 1.93. The zero-order chi connectivity index (χ0) is 12.9. The number of hydrogen-bond acceptors (Lipinski definition) is 2. The van der Waals surface area contributed by atoms with E-state index in [0.29, 0.717) is 0 Å². The van der Waals surface area contributed by atoms with Crippen LogP contribution in [0.1, 0.15) is 30.9 Å². The fourth-order valence-electron chi connectivity index (χ4n) is 3.32. The smallest absolute Gasteiger partial charge is 0.145 e. The summed E-state index contributed by atoms with van der Waals surface area (Å²) in [5, 5.41) is 0. The maximum atomic E-state index is 14.1. The number of nitrogens with one attached hydrogen (secondary N) is 1. The molecule has 1 aromatic rings. The Morgan fingerprint density at radius 2 is 1.89 bits per heavy atom. The first-order chi connectivity index (χ1) is 8.61. The topological polar surface area (TPSA) is 38.0 Å². The van der Waals surface area contributed by atoms with Crippen molar-refractivity contribution in [1.82, 2.24) is 5.43 Å². The van der Waals surface area contributed by atoms with Gasteiger partial charge in [-0.3, -0.25) is 11.3 Å². The van der Waals surface area contributed by atoms with Crippen LogP contribution in [0, 0.1) is 29.4 Å². The Bertz CT molecular complexity index is 470. The summed E-state index contributed by atoms with van der Waals surface area (Å²) < 4.78 is 28.2. The van der Waals surface area contributed by atoms with Crippen LogP contribution < -0.4 is 11.3 Å². The molecule has 0 spiro atoms. The first-order valence-corrected chi connectivity index (χ1v) is 7.00. The fourth-order valence-corrected chi connectivity index (χ4v) is 3.66. The Morgan fingerprint density at radius 3 is 2.50 bits per heavy atom. The van der Waals surface area contributed by atoms with Crippen molar-refractivity contribution in [3.63, 3.8) is 0 Å². The zero-order valence-electron chi connectivity index (χ0n) is 9.80. The van der Waals surface area contributed by atoms with Gasteiger partial charge < -0.3 is 0 Å². The van der Waals surface area contributed by atoms with E-state index in [1.807, 2.05) is 0 Å². The second-order valence-corrected chi connectivity index (χ2v) is 6.24. The fraction of sp³-hybridized carbons (Fsp3) is 0.538. The highest BCUT2D eigenvalue weighted by atomic mass is 79.9. The second kappa shape index (κ2) is 4.54. The third-order valence-corrected chi connectivity index (χ3v) is 4.93. The van der Waals surface area contributed by atoms with Gasteiger partial charge in [0.25, 0.3) is 0 Å². The number of rotatable bonds is 3. The van der Waals surface area contributed by atoms with Crippen LogP contribution in [0.4, 0.5) is 8.78 Å². The maximum Gasteiger partial charge on any atom is 0.145 e. The van der Waals surface area contributed by atoms with Gasteiger partial charge in [-0.05, 0) is 65.1 Å². The first kappa shape index (κ1) is 12.5. The molecule has 3 N–H and O–H groups in total. The molecule has 5 heteroatoms. The van der Waals surface area contributed by atoms with E-state index in [1.165, 1.54) is 18.6 Å². The minimum Gasteiger partial charge on any atom is -0.271 e. The summed E-state index contributed by atoms with van der Waals surface area (Å²) in [6, 6.07) is 2.23. The molecule has 2 nitrogen and oxygen atoms in total. The molecule has 2 fully saturated rings. The van der Waals surface area contributed by atoms with E-state index < -0.39 is 17.7 Å². The molecule has 0 aromatic heterocycles. The molecule has 0 bridgehead atoms. The van der Waals surface area contributed by atoms with Gasteiger partial charge in [-0.2, -0.15) is 0 Å². The molecule has 2 saturated carbocycles. The molecular formula is C13H15BrF2N2. The third kappa shape index (κ3) is 1.98. The molecule has 0 amide bonds. The van der Waals surface area contributed by atoms with Crippen LogP contribution in [0.2, 0.25) is 0 Å². The number of fused-ring (bicyclic) bond motifs is 1. The lowest BCUT2D eigenvalue weighted by atomic mass is 9.89. The van der Waals surface area contributed by atoms with Crippen molar-refractivity contribution in [2.75, 3.05) is 0 Å². The highest BCUT2D eigenvalue weighted by Gasteiger charge is 2.48. The number of benzene rings is 1. The lowest BCUT2D eigenvalue weighted by Gasteiger charge is -2.25. The summed E-state index contributed by atoms with van der Waals surface area (Å²) in [7, 11) is 0. The molecule has 3 rings (SSSR count). The minimum atomic E-state index is -0.543. The molecule has 98 valence electrons. The van der Waals surface area contributed by atoms with E-state index in [2.05, 4.69) is 21.4 Å². The maximum absolute atomic E-state index is 14.1. The Kier molecular flexibility index (Phi) is 3.16. The standard InChI is InChI=1S/C13H15BrF2N2/c14-9-1-2-10(15)11(12(9)16)13(18-17)8-4-6-3-7(6)5-8/h1-2,6-8,13,18H,3-5,17H2.